The van der Waals surface area contributed by atoms with E-state index in [0.29, 0.717) is 17.3 Å². The maximum Gasteiger partial charge on any atom is 0.335 e. The fourth-order valence-corrected chi connectivity index (χ4v) is 2.57. The van der Waals surface area contributed by atoms with Crippen LogP contribution in [0.4, 0.5) is 23.0 Å². The molecular formula is C18H15BrN4O2. The number of aryl methyl sites for hydroxylation is 1. The van der Waals surface area contributed by atoms with Crippen LogP contribution in [-0.2, 0) is 0 Å². The van der Waals surface area contributed by atoms with Crippen molar-refractivity contribution in [3.63, 3.8) is 0 Å². The first-order valence-corrected chi connectivity index (χ1v) is 8.26. The molecule has 0 spiro atoms. The van der Waals surface area contributed by atoms with Gasteiger partial charge in [-0.1, -0.05) is 28.1 Å². The molecule has 0 bridgehead atoms. The molecular weight excluding hydrogens is 384 g/mol. The molecule has 0 unspecified atom stereocenters. The summed E-state index contributed by atoms with van der Waals surface area (Å²) in [5.74, 6) is 0.215. The predicted octanol–water partition coefficient (Wildman–Crippen LogP) is 4.73. The van der Waals surface area contributed by atoms with Gasteiger partial charge in [0.15, 0.2) is 0 Å². The summed E-state index contributed by atoms with van der Waals surface area (Å²) < 4.78 is 1.01. The molecule has 25 heavy (non-hydrogen) atoms. The van der Waals surface area contributed by atoms with Gasteiger partial charge in [0, 0.05) is 21.9 Å². The first kappa shape index (κ1) is 16.9. The van der Waals surface area contributed by atoms with E-state index in [1.165, 1.54) is 12.4 Å². The molecule has 0 fully saturated rings. The second-order valence-electron chi connectivity index (χ2n) is 5.39. The zero-order valence-corrected chi connectivity index (χ0v) is 14.9. The van der Waals surface area contributed by atoms with Crippen LogP contribution in [0.25, 0.3) is 0 Å². The van der Waals surface area contributed by atoms with Gasteiger partial charge in [0.1, 0.15) is 18.0 Å². The summed E-state index contributed by atoms with van der Waals surface area (Å²) in [6, 6.07) is 14.2. The van der Waals surface area contributed by atoms with Crippen LogP contribution in [-0.4, -0.2) is 21.0 Å². The van der Waals surface area contributed by atoms with Crippen molar-refractivity contribution >= 4 is 44.9 Å². The van der Waals surface area contributed by atoms with Crippen LogP contribution < -0.4 is 10.6 Å². The highest BCUT2D eigenvalue weighted by Crippen LogP contribution is 2.24. The smallest absolute Gasteiger partial charge is 0.335 e. The highest BCUT2D eigenvalue weighted by atomic mass is 79.9. The lowest BCUT2D eigenvalue weighted by Crippen LogP contribution is -2.00. The van der Waals surface area contributed by atoms with E-state index in [1.807, 2.05) is 25.1 Å². The van der Waals surface area contributed by atoms with Gasteiger partial charge in [0.05, 0.1) is 5.56 Å². The number of halogens is 1. The van der Waals surface area contributed by atoms with Crippen LogP contribution in [0.2, 0.25) is 0 Å². The number of carbonyl (C=O) groups is 1. The molecule has 0 atom stereocenters. The van der Waals surface area contributed by atoms with Crippen LogP contribution >= 0.6 is 15.9 Å². The number of anilines is 4. The molecule has 0 aliphatic carbocycles. The van der Waals surface area contributed by atoms with E-state index in [4.69, 9.17) is 5.11 Å². The summed E-state index contributed by atoms with van der Waals surface area (Å²) >= 11 is 3.50. The molecule has 126 valence electrons. The molecule has 0 saturated heterocycles. The van der Waals surface area contributed by atoms with Crippen molar-refractivity contribution in [2.24, 2.45) is 0 Å². The normalized spacial score (nSPS) is 10.3. The molecule has 1 aromatic heterocycles. The molecule has 0 saturated carbocycles. The highest BCUT2D eigenvalue weighted by Gasteiger charge is 2.05. The molecule has 1 heterocycles. The van der Waals surface area contributed by atoms with Crippen molar-refractivity contribution in [2.75, 3.05) is 10.6 Å². The molecule has 0 aliphatic heterocycles. The summed E-state index contributed by atoms with van der Waals surface area (Å²) in [6.07, 6.45) is 1.44. The van der Waals surface area contributed by atoms with Gasteiger partial charge in [-0.25, -0.2) is 14.8 Å². The van der Waals surface area contributed by atoms with E-state index in [2.05, 4.69) is 36.5 Å². The first-order valence-electron chi connectivity index (χ1n) is 7.47. The third-order valence-electron chi connectivity index (χ3n) is 3.49. The van der Waals surface area contributed by atoms with Crippen molar-refractivity contribution in [3.05, 3.63) is 70.5 Å². The van der Waals surface area contributed by atoms with Gasteiger partial charge in [-0.3, -0.25) is 0 Å². The number of hydrogen-bond donors (Lipinski definition) is 3. The van der Waals surface area contributed by atoms with Crippen LogP contribution in [0.3, 0.4) is 0 Å². The molecule has 0 radical (unpaired) electrons. The van der Waals surface area contributed by atoms with E-state index in [1.54, 1.807) is 24.3 Å². The second-order valence-corrected chi connectivity index (χ2v) is 6.24. The van der Waals surface area contributed by atoms with E-state index >= 15 is 0 Å². The Kier molecular flexibility index (Phi) is 4.95. The van der Waals surface area contributed by atoms with Gasteiger partial charge < -0.3 is 15.7 Å². The number of carboxylic acid groups (broad SMARTS) is 1. The fourth-order valence-electron chi connectivity index (χ4n) is 2.19. The lowest BCUT2D eigenvalue weighted by molar-refractivity contribution is 0.0697. The molecule has 6 nitrogen and oxygen atoms in total. The molecule has 3 rings (SSSR count). The van der Waals surface area contributed by atoms with Gasteiger partial charge in [-0.2, -0.15) is 0 Å². The first-order chi connectivity index (χ1) is 12.0. The van der Waals surface area contributed by atoms with Crippen LogP contribution in [0.15, 0.2) is 59.3 Å². The van der Waals surface area contributed by atoms with Crippen LogP contribution in [0.1, 0.15) is 15.9 Å². The molecule has 2 aromatic carbocycles. The monoisotopic (exact) mass is 398 g/mol. The lowest BCUT2D eigenvalue weighted by Gasteiger charge is -2.10. The summed E-state index contributed by atoms with van der Waals surface area (Å²) in [7, 11) is 0. The van der Waals surface area contributed by atoms with Gasteiger partial charge >= 0.3 is 5.97 Å². The summed E-state index contributed by atoms with van der Waals surface area (Å²) in [5.41, 5.74) is 2.90. The van der Waals surface area contributed by atoms with Crippen molar-refractivity contribution < 1.29 is 9.90 Å². The van der Waals surface area contributed by atoms with Gasteiger partial charge in [-0.05, 0) is 42.8 Å². The third kappa shape index (κ3) is 4.33. The predicted molar refractivity (Wildman–Crippen MR) is 101 cm³/mol. The molecule has 7 heteroatoms. The Balaban J connectivity index is 1.78. The number of nitrogens with one attached hydrogen (secondary N) is 2. The fraction of sp³-hybridized carbons (Fsp3) is 0.0556. The molecule has 0 aliphatic rings. The zero-order chi connectivity index (χ0) is 17.8. The molecule has 0 amide bonds. The summed E-state index contributed by atoms with van der Waals surface area (Å²) in [6.45, 7) is 2.02. The Morgan fingerprint density at radius 2 is 1.68 bits per heavy atom. The number of aromatic carboxylic acids is 1. The Morgan fingerprint density at radius 3 is 2.32 bits per heavy atom. The Hall–Kier alpha value is -2.93. The maximum absolute atomic E-state index is 11.0. The second kappa shape index (κ2) is 7.31. The lowest BCUT2D eigenvalue weighted by atomic mass is 10.2. The minimum Gasteiger partial charge on any atom is -0.478 e. The van der Waals surface area contributed by atoms with Crippen molar-refractivity contribution in [1.82, 2.24) is 9.97 Å². The summed E-state index contributed by atoms with van der Waals surface area (Å²) in [5, 5.41) is 15.4. The van der Waals surface area contributed by atoms with Gasteiger partial charge in [0.25, 0.3) is 0 Å². The van der Waals surface area contributed by atoms with E-state index < -0.39 is 5.97 Å². The number of hydrogen-bond acceptors (Lipinski definition) is 5. The third-order valence-corrected chi connectivity index (χ3v) is 4.35. The van der Waals surface area contributed by atoms with E-state index in [0.717, 1.165) is 15.7 Å². The maximum atomic E-state index is 11.0. The zero-order valence-electron chi connectivity index (χ0n) is 13.3. The average molecular weight is 399 g/mol. The minimum atomic E-state index is -0.973. The van der Waals surface area contributed by atoms with Crippen molar-refractivity contribution in [1.29, 1.82) is 0 Å². The largest absolute Gasteiger partial charge is 0.478 e. The molecule has 3 aromatic rings. The molecule has 3 N–H and O–H groups in total. The van der Waals surface area contributed by atoms with E-state index in [9.17, 15) is 4.79 Å². The Labute approximate surface area is 153 Å². The van der Waals surface area contributed by atoms with Crippen LogP contribution in [0, 0.1) is 6.92 Å². The Bertz CT molecular complexity index is 930. The SMILES string of the molecule is Cc1ccc(Nc2cc(Nc3cccc(C(=O)O)c3)ncn2)cc1Br. The van der Waals surface area contributed by atoms with Gasteiger partial charge in [-0.15, -0.1) is 0 Å². The summed E-state index contributed by atoms with van der Waals surface area (Å²) in [4.78, 5) is 19.4. The topological polar surface area (TPSA) is 87.1 Å². The standard InChI is InChI=1S/C18H15BrN4O2/c1-11-5-6-14(8-15(11)19)23-17-9-16(20-10-21-17)22-13-4-2-3-12(7-13)18(24)25/h2-10H,1H3,(H,24,25)(H2,20,21,22,23). The van der Waals surface area contributed by atoms with Crippen LogP contribution in [0.5, 0.6) is 0 Å². The number of aromatic nitrogens is 2. The number of benzene rings is 2. The van der Waals surface area contributed by atoms with Gasteiger partial charge in [0.2, 0.25) is 0 Å². The number of nitrogens with zero attached hydrogens (tertiary/aromatic N) is 2. The number of rotatable bonds is 5. The quantitative estimate of drug-likeness (QED) is 0.575. The van der Waals surface area contributed by atoms with Crippen molar-refractivity contribution in [2.45, 2.75) is 6.92 Å². The van der Waals surface area contributed by atoms with E-state index in [-0.39, 0.29) is 5.56 Å². The Morgan fingerprint density at radius 1 is 1.00 bits per heavy atom. The average Bonchev–Trinajstić information content (AvgIpc) is 2.59. The van der Waals surface area contributed by atoms with Crippen molar-refractivity contribution in [3.8, 4) is 0 Å². The minimum absolute atomic E-state index is 0.210. The highest BCUT2D eigenvalue weighted by molar-refractivity contribution is 9.10. The number of carboxylic acids is 1.